The number of carbonyl (C=O) groups is 1. The summed E-state index contributed by atoms with van der Waals surface area (Å²) in [6.45, 7) is 8.39. The Kier molecular flexibility index (Phi) is 6.60. The molecule has 1 atom stereocenters. The minimum Gasteiger partial charge on any atom is -0.496 e. The summed E-state index contributed by atoms with van der Waals surface area (Å²) in [6, 6.07) is 19.3. The number of methoxy groups -OCH3 is 1. The van der Waals surface area contributed by atoms with Crippen molar-refractivity contribution in [3.63, 3.8) is 0 Å². The van der Waals surface area contributed by atoms with E-state index in [1.54, 1.807) is 7.11 Å². The normalized spacial score (nSPS) is 17.3. The average Bonchev–Trinajstić information content (AvgIpc) is 3.02. The van der Waals surface area contributed by atoms with Gasteiger partial charge in [-0.1, -0.05) is 47.5 Å². The zero-order valence-corrected chi connectivity index (χ0v) is 20.9. The van der Waals surface area contributed by atoms with Gasteiger partial charge < -0.3 is 14.5 Å². The number of ether oxygens (including phenoxy) is 1. The van der Waals surface area contributed by atoms with E-state index in [2.05, 4.69) is 24.8 Å². The van der Waals surface area contributed by atoms with Gasteiger partial charge in [0.05, 0.1) is 13.7 Å². The van der Waals surface area contributed by atoms with E-state index in [0.29, 0.717) is 16.6 Å². The molecule has 0 bridgehead atoms. The van der Waals surface area contributed by atoms with Gasteiger partial charge in [-0.25, -0.2) is 0 Å². The molecule has 0 fully saturated rings. The van der Waals surface area contributed by atoms with Crippen molar-refractivity contribution in [3.05, 3.63) is 87.4 Å². The number of fused-ring (bicyclic) bond motifs is 1. The predicted molar refractivity (Wildman–Crippen MR) is 137 cm³/mol. The molecule has 0 N–H and O–H groups in total. The molecule has 6 heteroatoms. The Balaban J connectivity index is 1.79. The highest BCUT2D eigenvalue weighted by molar-refractivity contribution is 6.32. The minimum absolute atomic E-state index is 0.0391. The lowest BCUT2D eigenvalue weighted by molar-refractivity contribution is -0.121. The highest BCUT2D eigenvalue weighted by atomic mass is 35.5. The van der Waals surface area contributed by atoms with Crippen molar-refractivity contribution < 1.29 is 9.53 Å². The lowest BCUT2D eigenvalue weighted by Gasteiger charge is -2.27. The average molecular weight is 483 g/mol. The molecule has 0 saturated heterocycles. The standard InChI is InChI=1S/C27H28Cl2N2O2/c1-5-30(6-2)20-13-11-18(25(16-20)33-4)17-31-24-14-12-19(28)15-22(24)27(3,26(31)32)21-9-7-8-10-23(21)29/h7-16H,5-6,17H2,1-4H3. The van der Waals surface area contributed by atoms with Crippen LogP contribution in [0.2, 0.25) is 10.0 Å². The van der Waals surface area contributed by atoms with Crippen LogP contribution in [0, 0.1) is 0 Å². The van der Waals surface area contributed by atoms with Gasteiger partial charge in [0.1, 0.15) is 11.2 Å². The van der Waals surface area contributed by atoms with Crippen LogP contribution >= 0.6 is 23.2 Å². The van der Waals surface area contributed by atoms with E-state index >= 15 is 0 Å². The second-order valence-electron chi connectivity index (χ2n) is 8.33. The van der Waals surface area contributed by atoms with E-state index in [-0.39, 0.29) is 5.91 Å². The Morgan fingerprint density at radius 3 is 2.36 bits per heavy atom. The van der Waals surface area contributed by atoms with Crippen molar-refractivity contribution in [1.82, 2.24) is 0 Å². The Bertz CT molecular complexity index is 1190. The Morgan fingerprint density at radius 1 is 0.970 bits per heavy atom. The van der Waals surface area contributed by atoms with E-state index in [1.165, 1.54) is 0 Å². The summed E-state index contributed by atoms with van der Waals surface area (Å²) in [7, 11) is 1.66. The van der Waals surface area contributed by atoms with Crippen molar-refractivity contribution >= 4 is 40.5 Å². The van der Waals surface area contributed by atoms with Crippen molar-refractivity contribution in [2.45, 2.75) is 32.7 Å². The molecule has 0 aliphatic carbocycles. The summed E-state index contributed by atoms with van der Waals surface area (Å²) in [5.74, 6) is 0.719. The van der Waals surface area contributed by atoms with Gasteiger partial charge in [0.25, 0.3) is 0 Å². The lowest BCUT2D eigenvalue weighted by atomic mass is 9.77. The molecule has 1 unspecified atom stereocenters. The minimum atomic E-state index is -0.938. The fourth-order valence-corrected chi connectivity index (χ4v) is 5.24. The predicted octanol–water partition coefficient (Wildman–Crippen LogP) is 6.70. The van der Waals surface area contributed by atoms with Crippen LogP contribution in [0.15, 0.2) is 60.7 Å². The smallest absolute Gasteiger partial charge is 0.242 e. The number of anilines is 2. The number of amides is 1. The van der Waals surface area contributed by atoms with Crippen LogP contribution in [0.1, 0.15) is 37.5 Å². The molecule has 0 radical (unpaired) electrons. The van der Waals surface area contributed by atoms with Gasteiger partial charge in [-0.05, 0) is 62.2 Å². The van der Waals surface area contributed by atoms with Crippen LogP contribution in [0.5, 0.6) is 5.75 Å². The molecule has 33 heavy (non-hydrogen) atoms. The fourth-order valence-electron chi connectivity index (χ4n) is 4.74. The molecule has 1 amide bonds. The molecule has 0 spiro atoms. The molecule has 172 valence electrons. The zero-order chi connectivity index (χ0) is 23.8. The third-order valence-electron chi connectivity index (χ3n) is 6.60. The van der Waals surface area contributed by atoms with Crippen LogP contribution in [0.3, 0.4) is 0 Å². The highest BCUT2D eigenvalue weighted by Crippen LogP contribution is 2.49. The molecule has 4 rings (SSSR count). The van der Waals surface area contributed by atoms with Gasteiger partial charge in [-0.3, -0.25) is 4.79 Å². The molecule has 0 saturated carbocycles. The molecular formula is C27H28Cl2N2O2. The number of hydrogen-bond acceptors (Lipinski definition) is 3. The van der Waals surface area contributed by atoms with Crippen molar-refractivity contribution in [1.29, 1.82) is 0 Å². The van der Waals surface area contributed by atoms with Gasteiger partial charge in [0, 0.05) is 46.1 Å². The molecule has 3 aromatic carbocycles. The number of benzene rings is 3. The molecule has 4 nitrogen and oxygen atoms in total. The second-order valence-corrected chi connectivity index (χ2v) is 9.17. The first-order chi connectivity index (χ1) is 15.8. The monoisotopic (exact) mass is 482 g/mol. The summed E-state index contributed by atoms with van der Waals surface area (Å²) in [5, 5.41) is 1.14. The summed E-state index contributed by atoms with van der Waals surface area (Å²) in [6.07, 6.45) is 0. The van der Waals surface area contributed by atoms with E-state index in [4.69, 9.17) is 27.9 Å². The van der Waals surface area contributed by atoms with Crippen molar-refractivity contribution in [2.75, 3.05) is 30.0 Å². The van der Waals surface area contributed by atoms with Crippen LogP contribution in [0.4, 0.5) is 11.4 Å². The van der Waals surface area contributed by atoms with Crippen LogP contribution in [-0.4, -0.2) is 26.1 Å². The Hall–Kier alpha value is -2.69. The third kappa shape index (κ3) is 3.96. The largest absolute Gasteiger partial charge is 0.496 e. The topological polar surface area (TPSA) is 32.8 Å². The molecule has 1 aliphatic heterocycles. The first-order valence-electron chi connectivity index (χ1n) is 11.1. The third-order valence-corrected chi connectivity index (χ3v) is 7.17. The molecule has 3 aromatic rings. The van der Waals surface area contributed by atoms with Gasteiger partial charge in [0.2, 0.25) is 5.91 Å². The van der Waals surface area contributed by atoms with E-state index in [1.807, 2.05) is 66.4 Å². The maximum atomic E-state index is 14.0. The lowest BCUT2D eigenvalue weighted by Crippen LogP contribution is -2.39. The van der Waals surface area contributed by atoms with Gasteiger partial charge in [-0.2, -0.15) is 0 Å². The summed E-state index contributed by atoms with van der Waals surface area (Å²) in [4.78, 5) is 18.1. The quantitative estimate of drug-likeness (QED) is 0.375. The Labute approximate surface area is 205 Å². The van der Waals surface area contributed by atoms with E-state index < -0.39 is 5.41 Å². The highest BCUT2D eigenvalue weighted by Gasteiger charge is 2.49. The number of halogens is 2. The first-order valence-corrected chi connectivity index (χ1v) is 11.9. The zero-order valence-electron chi connectivity index (χ0n) is 19.4. The Morgan fingerprint density at radius 2 is 1.70 bits per heavy atom. The summed E-state index contributed by atoms with van der Waals surface area (Å²) >= 11 is 12.9. The number of nitrogens with zero attached hydrogens (tertiary/aromatic N) is 2. The second kappa shape index (κ2) is 9.28. The van der Waals surface area contributed by atoms with Crippen LogP contribution in [-0.2, 0) is 16.8 Å². The molecule has 1 aliphatic rings. The summed E-state index contributed by atoms with van der Waals surface area (Å²) in [5.41, 5.74) is 3.56. The molecule has 0 aromatic heterocycles. The molecule has 1 heterocycles. The number of carbonyl (C=O) groups excluding carboxylic acids is 1. The van der Waals surface area contributed by atoms with Crippen molar-refractivity contribution in [2.24, 2.45) is 0 Å². The van der Waals surface area contributed by atoms with E-state index in [9.17, 15) is 4.79 Å². The maximum Gasteiger partial charge on any atom is 0.242 e. The van der Waals surface area contributed by atoms with Crippen LogP contribution in [0.25, 0.3) is 0 Å². The number of hydrogen-bond donors (Lipinski definition) is 0. The first kappa shape index (κ1) is 23.5. The van der Waals surface area contributed by atoms with Crippen LogP contribution < -0.4 is 14.5 Å². The molecular weight excluding hydrogens is 455 g/mol. The van der Waals surface area contributed by atoms with Crippen molar-refractivity contribution in [3.8, 4) is 5.75 Å². The van der Waals surface area contributed by atoms with Gasteiger partial charge >= 0.3 is 0 Å². The number of rotatable bonds is 7. The SMILES string of the molecule is CCN(CC)c1ccc(CN2C(=O)C(C)(c3ccccc3Cl)c3cc(Cl)ccc32)c(OC)c1. The maximum absolute atomic E-state index is 14.0. The fraction of sp³-hybridized carbons (Fsp3) is 0.296. The van der Waals surface area contributed by atoms with Gasteiger partial charge in [-0.15, -0.1) is 0 Å². The van der Waals surface area contributed by atoms with Gasteiger partial charge in [0.15, 0.2) is 0 Å². The van der Waals surface area contributed by atoms with E-state index in [0.717, 1.165) is 46.9 Å². The summed E-state index contributed by atoms with van der Waals surface area (Å²) < 4.78 is 5.73.